The normalized spacial score (nSPS) is 16.6. The Balaban J connectivity index is 2.02. The fourth-order valence-electron chi connectivity index (χ4n) is 3.05. The van der Waals surface area contributed by atoms with Crippen molar-refractivity contribution in [2.45, 2.75) is 12.3 Å². The van der Waals surface area contributed by atoms with Crippen LogP contribution in [0, 0.1) is 11.6 Å². The molecule has 0 spiro atoms. The Kier molecular flexibility index (Phi) is 3.58. The van der Waals surface area contributed by atoms with Crippen molar-refractivity contribution in [3.05, 3.63) is 74.6 Å². The number of carbonyl (C=O) groups excluding carboxylic acids is 1. The third-order valence-electron chi connectivity index (χ3n) is 4.19. The molecule has 1 unspecified atom stereocenters. The third-order valence-corrected chi connectivity index (χ3v) is 4.45. The summed E-state index contributed by atoms with van der Waals surface area (Å²) in [6.07, 6.45) is 1.01. The molecular formula is C18H9ClF2O4. The van der Waals surface area contributed by atoms with Crippen LogP contribution in [0.15, 0.2) is 45.8 Å². The molecular weight excluding hydrogens is 354 g/mol. The smallest absolute Gasteiger partial charge is 0.312 e. The molecule has 0 radical (unpaired) electrons. The van der Waals surface area contributed by atoms with Crippen molar-refractivity contribution in [2.24, 2.45) is 0 Å². The first-order valence-electron chi connectivity index (χ1n) is 7.35. The maximum absolute atomic E-state index is 13.7. The summed E-state index contributed by atoms with van der Waals surface area (Å²) in [5.74, 6) is -2.96. The highest BCUT2D eigenvalue weighted by molar-refractivity contribution is 6.30. The van der Waals surface area contributed by atoms with Gasteiger partial charge in [0.05, 0.1) is 11.8 Å². The quantitative estimate of drug-likeness (QED) is 0.481. The van der Waals surface area contributed by atoms with Gasteiger partial charge in [-0.2, -0.15) is 0 Å². The second-order valence-corrected chi connectivity index (χ2v) is 6.08. The van der Waals surface area contributed by atoms with E-state index in [2.05, 4.69) is 0 Å². The summed E-state index contributed by atoms with van der Waals surface area (Å²) in [4.78, 5) is 24.1. The van der Waals surface area contributed by atoms with E-state index in [-0.39, 0.29) is 28.2 Å². The number of esters is 1. The van der Waals surface area contributed by atoms with Crippen molar-refractivity contribution >= 4 is 28.5 Å². The molecule has 4 nitrogen and oxygen atoms in total. The summed E-state index contributed by atoms with van der Waals surface area (Å²) < 4.78 is 37.6. The van der Waals surface area contributed by atoms with Crippen LogP contribution >= 0.6 is 11.6 Å². The Bertz CT molecular complexity index is 1090. The van der Waals surface area contributed by atoms with Gasteiger partial charge >= 0.3 is 5.97 Å². The number of rotatable bonds is 1. The van der Waals surface area contributed by atoms with E-state index in [0.717, 1.165) is 18.4 Å². The summed E-state index contributed by atoms with van der Waals surface area (Å²) in [6, 6.07) is 6.32. The summed E-state index contributed by atoms with van der Waals surface area (Å²) in [7, 11) is 0. The lowest BCUT2D eigenvalue weighted by Gasteiger charge is -2.25. The fourth-order valence-corrected chi connectivity index (χ4v) is 3.19. The van der Waals surface area contributed by atoms with Crippen LogP contribution in [0.2, 0.25) is 5.02 Å². The predicted octanol–water partition coefficient (Wildman–Crippen LogP) is 4.17. The van der Waals surface area contributed by atoms with Gasteiger partial charge in [0.25, 0.3) is 0 Å². The third kappa shape index (κ3) is 2.49. The van der Waals surface area contributed by atoms with Crippen molar-refractivity contribution in [1.29, 1.82) is 0 Å². The molecule has 0 N–H and O–H groups in total. The number of carbonyl (C=O) groups is 1. The van der Waals surface area contributed by atoms with E-state index < -0.39 is 29.0 Å². The Labute approximate surface area is 144 Å². The number of hydrogen-bond acceptors (Lipinski definition) is 4. The number of halogens is 3. The Hall–Kier alpha value is -2.73. The molecule has 0 amide bonds. The highest BCUT2D eigenvalue weighted by Crippen LogP contribution is 2.42. The number of ether oxygens (including phenoxy) is 1. The van der Waals surface area contributed by atoms with Crippen molar-refractivity contribution in [1.82, 2.24) is 0 Å². The fraction of sp³-hybridized carbons (Fsp3) is 0.111. The molecule has 2 aromatic carbocycles. The van der Waals surface area contributed by atoms with Crippen molar-refractivity contribution < 1.29 is 22.7 Å². The minimum Gasteiger partial charge on any atom is -0.462 e. The first-order valence-corrected chi connectivity index (χ1v) is 7.73. The molecule has 126 valence electrons. The van der Waals surface area contributed by atoms with E-state index in [1.165, 1.54) is 18.2 Å². The Morgan fingerprint density at radius 2 is 1.88 bits per heavy atom. The molecule has 3 aromatic rings. The monoisotopic (exact) mass is 362 g/mol. The minimum absolute atomic E-state index is 0.0790. The molecule has 1 aromatic heterocycles. The van der Waals surface area contributed by atoms with Crippen LogP contribution in [0.3, 0.4) is 0 Å². The van der Waals surface area contributed by atoms with Gasteiger partial charge < -0.3 is 9.15 Å². The summed E-state index contributed by atoms with van der Waals surface area (Å²) in [6.45, 7) is 0. The zero-order chi connectivity index (χ0) is 17.7. The van der Waals surface area contributed by atoms with Crippen LogP contribution in [-0.4, -0.2) is 5.97 Å². The average molecular weight is 363 g/mol. The molecule has 1 aliphatic rings. The Morgan fingerprint density at radius 3 is 2.64 bits per heavy atom. The van der Waals surface area contributed by atoms with E-state index in [1.54, 1.807) is 0 Å². The second-order valence-electron chi connectivity index (χ2n) is 5.67. The van der Waals surface area contributed by atoms with Gasteiger partial charge in [-0.05, 0) is 29.8 Å². The molecule has 4 rings (SSSR count). The predicted molar refractivity (Wildman–Crippen MR) is 85.9 cm³/mol. The van der Waals surface area contributed by atoms with Crippen molar-refractivity contribution in [3.63, 3.8) is 0 Å². The zero-order valence-corrected chi connectivity index (χ0v) is 13.3. The van der Waals surface area contributed by atoms with Gasteiger partial charge in [0.2, 0.25) is 5.43 Å². The lowest BCUT2D eigenvalue weighted by molar-refractivity contribution is -0.135. The second kappa shape index (κ2) is 5.67. The lowest BCUT2D eigenvalue weighted by Crippen LogP contribution is -2.22. The van der Waals surface area contributed by atoms with Crippen molar-refractivity contribution in [3.8, 4) is 5.75 Å². The van der Waals surface area contributed by atoms with E-state index in [1.807, 2.05) is 0 Å². The molecule has 1 aliphatic heterocycles. The van der Waals surface area contributed by atoms with Gasteiger partial charge in [-0.3, -0.25) is 9.59 Å². The highest BCUT2D eigenvalue weighted by atomic mass is 35.5. The number of hydrogen-bond donors (Lipinski definition) is 0. The van der Waals surface area contributed by atoms with Crippen LogP contribution < -0.4 is 10.2 Å². The van der Waals surface area contributed by atoms with Gasteiger partial charge in [-0.15, -0.1) is 0 Å². The van der Waals surface area contributed by atoms with Gasteiger partial charge in [0.1, 0.15) is 22.6 Å². The topological polar surface area (TPSA) is 56.5 Å². The van der Waals surface area contributed by atoms with Gasteiger partial charge in [-0.1, -0.05) is 17.7 Å². The first kappa shape index (κ1) is 15.8. The van der Waals surface area contributed by atoms with Crippen LogP contribution in [0.1, 0.15) is 23.5 Å². The molecule has 2 heterocycles. The Morgan fingerprint density at radius 1 is 1.08 bits per heavy atom. The highest BCUT2D eigenvalue weighted by Gasteiger charge is 2.32. The van der Waals surface area contributed by atoms with Crippen LogP contribution in [-0.2, 0) is 4.79 Å². The molecule has 0 fully saturated rings. The maximum atomic E-state index is 13.7. The molecule has 0 aliphatic carbocycles. The minimum atomic E-state index is -1.03. The number of fused-ring (bicyclic) bond motifs is 3. The molecule has 0 saturated carbocycles. The maximum Gasteiger partial charge on any atom is 0.312 e. The van der Waals surface area contributed by atoms with Crippen molar-refractivity contribution in [2.75, 3.05) is 0 Å². The molecule has 25 heavy (non-hydrogen) atoms. The SMILES string of the molecule is O=C1CC(c2ccc(F)c(F)c2)c2c(ccc3c(=O)c(Cl)coc23)O1. The zero-order valence-electron chi connectivity index (χ0n) is 12.5. The molecule has 0 saturated heterocycles. The standard InChI is InChI=1S/C18H9ClF2O4/c19-11-7-24-18-9(17(11)23)2-4-14-16(18)10(6-15(22)25-14)8-1-3-12(20)13(21)5-8/h1-5,7,10H,6H2. The van der Waals surface area contributed by atoms with Crippen LogP contribution in [0.25, 0.3) is 11.0 Å². The van der Waals surface area contributed by atoms with Gasteiger partial charge in [-0.25, -0.2) is 8.78 Å². The van der Waals surface area contributed by atoms with Gasteiger partial charge in [0, 0.05) is 11.5 Å². The summed E-state index contributed by atoms with van der Waals surface area (Å²) in [5.41, 5.74) is 0.583. The van der Waals surface area contributed by atoms with Crippen LogP contribution in [0.4, 0.5) is 8.78 Å². The van der Waals surface area contributed by atoms with Gasteiger partial charge in [0.15, 0.2) is 11.6 Å². The number of benzene rings is 2. The lowest BCUT2D eigenvalue weighted by atomic mass is 9.85. The summed E-state index contributed by atoms with van der Waals surface area (Å²) in [5, 5.41) is 0.140. The van der Waals surface area contributed by atoms with E-state index in [9.17, 15) is 18.4 Å². The van der Waals surface area contributed by atoms with E-state index >= 15 is 0 Å². The van der Waals surface area contributed by atoms with E-state index in [0.29, 0.717) is 11.1 Å². The van der Waals surface area contributed by atoms with E-state index in [4.69, 9.17) is 20.8 Å². The summed E-state index contributed by atoms with van der Waals surface area (Å²) >= 11 is 5.80. The largest absolute Gasteiger partial charge is 0.462 e. The molecule has 0 bridgehead atoms. The van der Waals surface area contributed by atoms with Crippen LogP contribution in [0.5, 0.6) is 5.75 Å². The average Bonchev–Trinajstić information content (AvgIpc) is 2.59. The molecule has 7 heteroatoms. The first-order chi connectivity index (χ1) is 12.0. The molecule has 1 atom stereocenters.